The maximum atomic E-state index is 10.5. The van der Waals surface area contributed by atoms with Gasteiger partial charge in [0, 0.05) is 6.04 Å². The molecule has 0 aromatic heterocycles. The van der Waals surface area contributed by atoms with Crippen molar-refractivity contribution < 1.29 is 9.90 Å². The van der Waals surface area contributed by atoms with Crippen LogP contribution in [0.25, 0.3) is 0 Å². The van der Waals surface area contributed by atoms with E-state index < -0.39 is 5.97 Å². The summed E-state index contributed by atoms with van der Waals surface area (Å²) in [5.74, 6) is 0.554. The molecule has 0 aromatic rings. The maximum absolute atomic E-state index is 10.5. The molecule has 3 unspecified atom stereocenters. The van der Waals surface area contributed by atoms with E-state index in [-0.39, 0.29) is 18.4 Å². The first kappa shape index (κ1) is 13.4. The molecule has 0 fully saturated rings. The van der Waals surface area contributed by atoms with Gasteiger partial charge >= 0.3 is 5.97 Å². The lowest BCUT2D eigenvalue weighted by Gasteiger charge is -2.30. The molecule has 0 aliphatic heterocycles. The molecule has 0 rings (SSSR count). The van der Waals surface area contributed by atoms with Crippen molar-refractivity contribution in [1.82, 2.24) is 0 Å². The summed E-state index contributed by atoms with van der Waals surface area (Å²) >= 11 is 0. The molecule has 0 saturated heterocycles. The van der Waals surface area contributed by atoms with Crippen molar-refractivity contribution in [3.63, 3.8) is 0 Å². The van der Waals surface area contributed by atoms with Crippen LogP contribution in [0.4, 0.5) is 0 Å². The van der Waals surface area contributed by atoms with E-state index >= 15 is 0 Å². The largest absolute Gasteiger partial charge is 0.481 e. The van der Waals surface area contributed by atoms with Crippen LogP contribution in [0.3, 0.4) is 0 Å². The molecule has 3 atom stereocenters. The number of carboxylic acids is 1. The van der Waals surface area contributed by atoms with E-state index in [1.165, 1.54) is 0 Å². The number of hydrogen-bond donors (Lipinski definition) is 2. The Balaban J connectivity index is 4.26. The average molecular weight is 201 g/mol. The number of carbonyl (C=O) groups is 1. The summed E-state index contributed by atoms with van der Waals surface area (Å²) in [5, 5.41) is 8.65. The van der Waals surface area contributed by atoms with Crippen molar-refractivity contribution in [1.29, 1.82) is 0 Å². The zero-order valence-corrected chi connectivity index (χ0v) is 9.66. The Morgan fingerprint density at radius 2 is 1.86 bits per heavy atom. The first-order valence-corrected chi connectivity index (χ1v) is 5.37. The Morgan fingerprint density at radius 3 is 2.14 bits per heavy atom. The molecule has 0 aromatic carbocycles. The van der Waals surface area contributed by atoms with Crippen LogP contribution in [0.1, 0.15) is 40.5 Å². The molecule has 0 bridgehead atoms. The molecular weight excluding hydrogens is 178 g/mol. The zero-order chi connectivity index (χ0) is 11.3. The molecule has 0 radical (unpaired) electrons. The third-order valence-electron chi connectivity index (χ3n) is 3.09. The third-order valence-corrected chi connectivity index (χ3v) is 3.09. The van der Waals surface area contributed by atoms with Gasteiger partial charge in [-0.1, -0.05) is 34.1 Å². The minimum Gasteiger partial charge on any atom is -0.481 e. The monoisotopic (exact) mass is 201 g/mol. The summed E-state index contributed by atoms with van der Waals surface area (Å²) in [4.78, 5) is 10.5. The van der Waals surface area contributed by atoms with Crippen LogP contribution in [-0.2, 0) is 4.79 Å². The first-order chi connectivity index (χ1) is 6.40. The molecule has 3 heteroatoms. The van der Waals surface area contributed by atoms with E-state index in [4.69, 9.17) is 10.8 Å². The van der Waals surface area contributed by atoms with E-state index in [1.54, 1.807) is 0 Å². The van der Waals surface area contributed by atoms with E-state index in [2.05, 4.69) is 27.7 Å². The number of hydrogen-bond acceptors (Lipinski definition) is 2. The van der Waals surface area contributed by atoms with Crippen LogP contribution in [0.2, 0.25) is 0 Å². The SMILES string of the molecule is CCC(C(C)C)C(C)C(N)CC(=O)O. The Hall–Kier alpha value is -0.570. The molecule has 0 spiro atoms. The summed E-state index contributed by atoms with van der Waals surface area (Å²) in [6.45, 7) is 8.52. The predicted molar refractivity (Wildman–Crippen MR) is 58.0 cm³/mol. The molecule has 3 N–H and O–H groups in total. The molecule has 0 amide bonds. The van der Waals surface area contributed by atoms with Gasteiger partial charge < -0.3 is 10.8 Å². The fourth-order valence-electron chi connectivity index (χ4n) is 2.16. The zero-order valence-electron chi connectivity index (χ0n) is 9.66. The highest BCUT2D eigenvalue weighted by Crippen LogP contribution is 2.26. The molecular formula is C11H23NO2. The van der Waals surface area contributed by atoms with E-state index in [0.717, 1.165) is 6.42 Å². The highest BCUT2D eigenvalue weighted by atomic mass is 16.4. The van der Waals surface area contributed by atoms with Crippen LogP contribution in [-0.4, -0.2) is 17.1 Å². The average Bonchev–Trinajstić information content (AvgIpc) is 2.03. The number of carboxylic acid groups (broad SMARTS) is 1. The van der Waals surface area contributed by atoms with Gasteiger partial charge in [0.1, 0.15) is 0 Å². The summed E-state index contributed by atoms with van der Waals surface area (Å²) in [5.41, 5.74) is 5.85. The molecule has 0 saturated carbocycles. The summed E-state index contributed by atoms with van der Waals surface area (Å²) in [7, 11) is 0. The second-order valence-electron chi connectivity index (χ2n) is 4.44. The van der Waals surface area contributed by atoms with Gasteiger partial charge in [0.15, 0.2) is 0 Å². The minimum absolute atomic E-state index is 0.0738. The third kappa shape index (κ3) is 4.09. The standard InChI is InChI=1S/C11H23NO2/c1-5-9(7(2)3)8(4)10(12)6-11(13)14/h7-10H,5-6,12H2,1-4H3,(H,13,14). The number of rotatable bonds is 6. The van der Waals surface area contributed by atoms with Gasteiger partial charge in [-0.05, 0) is 17.8 Å². The smallest absolute Gasteiger partial charge is 0.304 e. The lowest BCUT2D eigenvalue weighted by molar-refractivity contribution is -0.137. The predicted octanol–water partition coefficient (Wildman–Crippen LogP) is 2.11. The van der Waals surface area contributed by atoms with Crippen molar-refractivity contribution in [3.05, 3.63) is 0 Å². The maximum Gasteiger partial charge on any atom is 0.304 e. The number of nitrogens with two attached hydrogens (primary N) is 1. The van der Waals surface area contributed by atoms with Crippen LogP contribution >= 0.6 is 0 Å². The summed E-state index contributed by atoms with van der Waals surface area (Å²) in [6.07, 6.45) is 1.14. The Labute approximate surface area is 86.7 Å². The Bertz CT molecular complexity index is 180. The van der Waals surface area contributed by atoms with Crippen LogP contribution in [0, 0.1) is 17.8 Å². The van der Waals surface area contributed by atoms with Gasteiger partial charge in [0.25, 0.3) is 0 Å². The van der Waals surface area contributed by atoms with Gasteiger partial charge in [-0.15, -0.1) is 0 Å². The van der Waals surface area contributed by atoms with Crippen LogP contribution < -0.4 is 5.73 Å². The summed E-state index contributed by atoms with van der Waals surface area (Å²) in [6, 6.07) is -0.222. The quantitative estimate of drug-likeness (QED) is 0.691. The highest BCUT2D eigenvalue weighted by Gasteiger charge is 2.25. The highest BCUT2D eigenvalue weighted by molar-refractivity contribution is 5.67. The van der Waals surface area contributed by atoms with Crippen molar-refractivity contribution in [2.24, 2.45) is 23.5 Å². The molecule has 14 heavy (non-hydrogen) atoms. The van der Waals surface area contributed by atoms with Gasteiger partial charge in [0.2, 0.25) is 0 Å². The molecule has 84 valence electrons. The molecule has 0 aliphatic carbocycles. The Kier molecular flexibility index (Phi) is 5.77. The molecule has 3 nitrogen and oxygen atoms in total. The van der Waals surface area contributed by atoms with Crippen molar-refractivity contribution in [2.45, 2.75) is 46.6 Å². The Morgan fingerprint density at radius 1 is 1.36 bits per heavy atom. The normalized spacial score (nSPS) is 17.9. The number of aliphatic carboxylic acids is 1. The van der Waals surface area contributed by atoms with Crippen molar-refractivity contribution >= 4 is 5.97 Å². The lowest BCUT2D eigenvalue weighted by Crippen LogP contribution is -2.36. The van der Waals surface area contributed by atoms with E-state index in [9.17, 15) is 4.79 Å². The summed E-state index contributed by atoms with van der Waals surface area (Å²) < 4.78 is 0. The van der Waals surface area contributed by atoms with Crippen LogP contribution in [0.15, 0.2) is 0 Å². The minimum atomic E-state index is -0.803. The van der Waals surface area contributed by atoms with Crippen LogP contribution in [0.5, 0.6) is 0 Å². The fourth-order valence-corrected chi connectivity index (χ4v) is 2.16. The molecule has 0 heterocycles. The van der Waals surface area contributed by atoms with Gasteiger partial charge in [-0.25, -0.2) is 0 Å². The topological polar surface area (TPSA) is 63.3 Å². The van der Waals surface area contributed by atoms with E-state index in [1.807, 2.05) is 0 Å². The van der Waals surface area contributed by atoms with Crippen molar-refractivity contribution in [2.75, 3.05) is 0 Å². The van der Waals surface area contributed by atoms with Gasteiger partial charge in [-0.2, -0.15) is 0 Å². The molecule has 0 aliphatic rings. The van der Waals surface area contributed by atoms with Gasteiger partial charge in [-0.3, -0.25) is 4.79 Å². The van der Waals surface area contributed by atoms with Crippen molar-refractivity contribution in [3.8, 4) is 0 Å². The second kappa shape index (κ2) is 6.02. The van der Waals surface area contributed by atoms with Gasteiger partial charge in [0.05, 0.1) is 6.42 Å². The fraction of sp³-hybridized carbons (Fsp3) is 0.909. The lowest BCUT2D eigenvalue weighted by atomic mass is 9.78. The van der Waals surface area contributed by atoms with E-state index in [0.29, 0.717) is 11.8 Å². The second-order valence-corrected chi connectivity index (χ2v) is 4.44. The first-order valence-electron chi connectivity index (χ1n) is 5.37.